The van der Waals surface area contributed by atoms with E-state index in [4.69, 9.17) is 9.47 Å². The maximum absolute atomic E-state index is 12.4. The van der Waals surface area contributed by atoms with Gasteiger partial charge in [-0.05, 0) is 61.0 Å². The van der Waals surface area contributed by atoms with Gasteiger partial charge in [0.2, 0.25) is 6.79 Å². The van der Waals surface area contributed by atoms with Gasteiger partial charge in [-0.15, -0.1) is 11.3 Å². The largest absolute Gasteiger partial charge is 0.454 e. The van der Waals surface area contributed by atoms with Crippen molar-refractivity contribution < 1.29 is 14.3 Å². The number of nitrogens with zero attached hydrogens (tertiary/aromatic N) is 1. The van der Waals surface area contributed by atoms with Crippen LogP contribution in [0.25, 0.3) is 0 Å². The maximum atomic E-state index is 12.4. The van der Waals surface area contributed by atoms with Crippen LogP contribution in [0.15, 0.2) is 35.7 Å². The molecule has 2 aromatic rings. The Bertz CT molecular complexity index is 788. The van der Waals surface area contributed by atoms with Crippen LogP contribution in [0.5, 0.6) is 11.5 Å². The zero-order valence-corrected chi connectivity index (χ0v) is 17.0. The molecule has 2 amide bonds. The molecular weight excluding hydrogens is 374 g/mol. The Morgan fingerprint density at radius 2 is 2.04 bits per heavy atom. The third-order valence-corrected chi connectivity index (χ3v) is 6.45. The molecule has 2 aliphatic heterocycles. The van der Waals surface area contributed by atoms with Crippen molar-refractivity contribution in [1.29, 1.82) is 0 Å². The van der Waals surface area contributed by atoms with Crippen LogP contribution in [0.2, 0.25) is 0 Å². The second-order valence-electron chi connectivity index (χ2n) is 7.50. The molecule has 0 saturated carbocycles. The fraction of sp³-hybridized carbons (Fsp3) is 0.476. The Morgan fingerprint density at radius 1 is 1.21 bits per heavy atom. The second kappa shape index (κ2) is 8.84. The highest BCUT2D eigenvalue weighted by atomic mass is 32.1. The van der Waals surface area contributed by atoms with E-state index in [-0.39, 0.29) is 18.9 Å². The Labute approximate surface area is 169 Å². The molecule has 1 aromatic heterocycles. The average molecular weight is 402 g/mol. The molecule has 28 heavy (non-hydrogen) atoms. The van der Waals surface area contributed by atoms with Gasteiger partial charge in [0.15, 0.2) is 11.5 Å². The number of amides is 2. The molecule has 1 saturated heterocycles. The Hall–Kier alpha value is -2.25. The fourth-order valence-corrected chi connectivity index (χ4v) is 4.58. The van der Waals surface area contributed by atoms with Gasteiger partial charge < -0.3 is 20.1 Å². The quantitative estimate of drug-likeness (QED) is 0.774. The van der Waals surface area contributed by atoms with Gasteiger partial charge >= 0.3 is 6.03 Å². The number of carbonyl (C=O) groups is 1. The highest BCUT2D eigenvalue weighted by Gasteiger charge is 2.25. The molecule has 1 atom stereocenters. The molecule has 4 rings (SSSR count). The number of thiophene rings is 1. The first kappa shape index (κ1) is 19.1. The monoisotopic (exact) mass is 401 g/mol. The molecule has 0 bridgehead atoms. The van der Waals surface area contributed by atoms with E-state index < -0.39 is 0 Å². The van der Waals surface area contributed by atoms with Crippen molar-refractivity contribution in [2.75, 3.05) is 26.4 Å². The molecule has 1 aromatic carbocycles. The first-order valence-electron chi connectivity index (χ1n) is 9.87. The van der Waals surface area contributed by atoms with E-state index >= 15 is 0 Å². The van der Waals surface area contributed by atoms with Crippen LogP contribution in [0.4, 0.5) is 4.79 Å². The van der Waals surface area contributed by atoms with Crippen molar-refractivity contribution >= 4 is 17.4 Å². The Balaban J connectivity index is 1.30. The molecule has 6 nitrogen and oxygen atoms in total. The number of ether oxygens (including phenoxy) is 2. The second-order valence-corrected chi connectivity index (χ2v) is 8.48. The molecule has 0 unspecified atom stereocenters. The number of nitrogens with one attached hydrogen (secondary N) is 2. The summed E-state index contributed by atoms with van der Waals surface area (Å²) in [7, 11) is 0. The van der Waals surface area contributed by atoms with Crippen LogP contribution in [-0.4, -0.2) is 37.4 Å². The van der Waals surface area contributed by atoms with E-state index in [9.17, 15) is 4.79 Å². The van der Waals surface area contributed by atoms with Gasteiger partial charge in [-0.3, -0.25) is 4.90 Å². The summed E-state index contributed by atoms with van der Waals surface area (Å²) in [5.41, 5.74) is 0.985. The van der Waals surface area contributed by atoms with Gasteiger partial charge in [0.25, 0.3) is 0 Å². The number of hydrogen-bond acceptors (Lipinski definition) is 5. The number of hydrogen-bond donors (Lipinski definition) is 2. The third kappa shape index (κ3) is 4.59. The van der Waals surface area contributed by atoms with Crippen LogP contribution in [0.1, 0.15) is 36.2 Å². The van der Waals surface area contributed by atoms with Crippen molar-refractivity contribution in [2.45, 2.75) is 32.4 Å². The van der Waals surface area contributed by atoms with Gasteiger partial charge in [0.1, 0.15) is 0 Å². The molecular formula is C21H27N3O3S. The van der Waals surface area contributed by atoms with Gasteiger partial charge in [-0.25, -0.2) is 4.79 Å². The lowest BCUT2D eigenvalue weighted by Gasteiger charge is -2.36. The minimum atomic E-state index is -0.149. The molecule has 0 spiro atoms. The summed E-state index contributed by atoms with van der Waals surface area (Å²) in [5, 5.41) is 8.11. The number of urea groups is 1. The van der Waals surface area contributed by atoms with Crippen molar-refractivity contribution in [3.63, 3.8) is 0 Å². The van der Waals surface area contributed by atoms with Crippen molar-refractivity contribution in [2.24, 2.45) is 5.92 Å². The summed E-state index contributed by atoms with van der Waals surface area (Å²) < 4.78 is 10.7. The minimum Gasteiger partial charge on any atom is -0.454 e. The molecule has 2 aliphatic rings. The van der Waals surface area contributed by atoms with Gasteiger partial charge in [0, 0.05) is 18.0 Å². The van der Waals surface area contributed by atoms with Crippen LogP contribution in [0, 0.1) is 5.92 Å². The van der Waals surface area contributed by atoms with Gasteiger partial charge in [-0.1, -0.05) is 19.1 Å². The maximum Gasteiger partial charge on any atom is 0.315 e. The molecule has 7 heteroatoms. The molecule has 150 valence electrons. The lowest BCUT2D eigenvalue weighted by atomic mass is 9.97. The van der Waals surface area contributed by atoms with E-state index in [0.717, 1.165) is 36.1 Å². The first-order valence-corrected chi connectivity index (χ1v) is 10.7. The Kier molecular flexibility index (Phi) is 6.02. The number of rotatable bonds is 6. The van der Waals surface area contributed by atoms with Crippen molar-refractivity contribution in [1.82, 2.24) is 15.5 Å². The van der Waals surface area contributed by atoms with E-state index in [0.29, 0.717) is 13.1 Å². The number of benzene rings is 1. The summed E-state index contributed by atoms with van der Waals surface area (Å²) in [4.78, 5) is 16.2. The van der Waals surface area contributed by atoms with Crippen LogP contribution >= 0.6 is 11.3 Å². The summed E-state index contributed by atoms with van der Waals surface area (Å²) in [5.74, 6) is 2.28. The minimum absolute atomic E-state index is 0.149. The van der Waals surface area contributed by atoms with E-state index in [1.165, 1.54) is 17.7 Å². The van der Waals surface area contributed by atoms with E-state index in [1.807, 2.05) is 18.2 Å². The van der Waals surface area contributed by atoms with Crippen LogP contribution in [0.3, 0.4) is 0 Å². The SMILES string of the molecule is CC1CCN([C@@H](CNC(=O)NCc2ccc3c(c2)OCO3)c2cccs2)CC1. The summed E-state index contributed by atoms with van der Waals surface area (Å²) in [6.07, 6.45) is 2.44. The zero-order valence-electron chi connectivity index (χ0n) is 16.1. The van der Waals surface area contributed by atoms with Crippen molar-refractivity contribution in [3.05, 3.63) is 46.2 Å². The number of likely N-dealkylation sites (tertiary alicyclic amines) is 1. The number of piperidine rings is 1. The highest BCUT2D eigenvalue weighted by Crippen LogP contribution is 2.32. The van der Waals surface area contributed by atoms with Crippen molar-refractivity contribution in [3.8, 4) is 11.5 Å². The van der Waals surface area contributed by atoms with E-state index in [1.54, 1.807) is 11.3 Å². The average Bonchev–Trinajstić information content (AvgIpc) is 3.39. The molecule has 0 aliphatic carbocycles. The van der Waals surface area contributed by atoms with Crippen LogP contribution in [-0.2, 0) is 6.54 Å². The highest BCUT2D eigenvalue weighted by molar-refractivity contribution is 7.10. The zero-order chi connectivity index (χ0) is 19.3. The summed E-state index contributed by atoms with van der Waals surface area (Å²) in [6, 6.07) is 10.1. The Morgan fingerprint density at radius 3 is 2.82 bits per heavy atom. The summed E-state index contributed by atoms with van der Waals surface area (Å²) in [6.45, 7) is 5.81. The summed E-state index contributed by atoms with van der Waals surface area (Å²) >= 11 is 1.76. The van der Waals surface area contributed by atoms with Gasteiger partial charge in [-0.2, -0.15) is 0 Å². The lowest BCUT2D eigenvalue weighted by Crippen LogP contribution is -2.44. The fourth-order valence-electron chi connectivity index (χ4n) is 3.72. The van der Waals surface area contributed by atoms with E-state index in [2.05, 4.69) is 40.0 Å². The van der Waals surface area contributed by atoms with Gasteiger partial charge in [0.05, 0.1) is 6.04 Å². The number of carbonyl (C=O) groups excluding carboxylic acids is 1. The lowest BCUT2D eigenvalue weighted by molar-refractivity contribution is 0.138. The molecule has 1 fully saturated rings. The molecule has 3 heterocycles. The van der Waals surface area contributed by atoms with Crippen LogP contribution < -0.4 is 20.1 Å². The predicted octanol–water partition coefficient (Wildman–Crippen LogP) is 3.75. The first-order chi connectivity index (χ1) is 13.7. The smallest absolute Gasteiger partial charge is 0.315 e. The molecule has 2 N–H and O–H groups in total. The standard InChI is InChI=1S/C21H27N3O3S/c1-15-6-8-24(9-7-15)17(20-3-2-10-28-20)13-23-21(25)22-12-16-4-5-18-19(11-16)27-14-26-18/h2-5,10-11,15,17H,6-9,12-14H2,1H3,(H2,22,23,25)/t17-/m0/s1. The number of fused-ring (bicyclic) bond motifs is 1. The predicted molar refractivity (Wildman–Crippen MR) is 110 cm³/mol. The normalized spacial score (nSPS) is 18.0. The third-order valence-electron chi connectivity index (χ3n) is 5.48. The topological polar surface area (TPSA) is 62.8 Å². The molecule has 0 radical (unpaired) electrons.